The lowest BCUT2D eigenvalue weighted by Gasteiger charge is -2.25. The van der Waals surface area contributed by atoms with Crippen molar-refractivity contribution in [2.24, 2.45) is 0 Å². The Morgan fingerprint density at radius 3 is 1.92 bits per heavy atom. The highest BCUT2D eigenvalue weighted by molar-refractivity contribution is 4.66. The molecule has 0 N–H and O–H groups in total. The predicted octanol–water partition coefficient (Wildman–Crippen LogP) is 1.67. The second-order valence-electron chi connectivity index (χ2n) is 4.00. The number of hydrogen-bond acceptors (Lipinski definition) is 2. The van der Waals surface area contributed by atoms with Crippen LogP contribution in [0.15, 0.2) is 0 Å². The molecule has 0 radical (unpaired) electrons. The van der Waals surface area contributed by atoms with Gasteiger partial charge < -0.3 is 9.80 Å². The van der Waals surface area contributed by atoms with Crippen LogP contribution in [0.25, 0.3) is 0 Å². The molecule has 1 atom stereocenters. The highest BCUT2D eigenvalue weighted by Gasteiger charge is 2.09. The average molecular weight is 172 g/mol. The second-order valence-corrected chi connectivity index (χ2v) is 4.00. The Balaban J connectivity index is 3.63. The Hall–Kier alpha value is -0.0800. The summed E-state index contributed by atoms with van der Waals surface area (Å²) in [7, 11) is 8.63. The molecule has 74 valence electrons. The van der Waals surface area contributed by atoms with E-state index in [2.05, 4.69) is 44.9 Å². The average Bonchev–Trinajstić information content (AvgIpc) is 1.96. The van der Waals surface area contributed by atoms with E-state index < -0.39 is 0 Å². The Bertz CT molecular complexity index is 100. The first-order chi connectivity index (χ1) is 5.57. The lowest BCUT2D eigenvalue weighted by Crippen LogP contribution is -2.31. The summed E-state index contributed by atoms with van der Waals surface area (Å²) in [6.07, 6.45) is 3.89. The van der Waals surface area contributed by atoms with E-state index in [9.17, 15) is 0 Å². The summed E-state index contributed by atoms with van der Waals surface area (Å²) in [5, 5.41) is 0. The van der Waals surface area contributed by atoms with Crippen LogP contribution < -0.4 is 0 Å². The van der Waals surface area contributed by atoms with E-state index in [4.69, 9.17) is 0 Å². The van der Waals surface area contributed by atoms with Crippen LogP contribution in [-0.2, 0) is 0 Å². The van der Waals surface area contributed by atoms with Crippen LogP contribution >= 0.6 is 0 Å². The van der Waals surface area contributed by atoms with Crippen LogP contribution in [0.5, 0.6) is 0 Å². The largest absolute Gasteiger partial charge is 0.309 e. The second kappa shape index (κ2) is 6.44. The van der Waals surface area contributed by atoms with E-state index in [1.807, 2.05) is 0 Å². The Morgan fingerprint density at radius 2 is 1.58 bits per heavy atom. The van der Waals surface area contributed by atoms with Crippen LogP contribution in [0, 0.1) is 0 Å². The van der Waals surface area contributed by atoms with Gasteiger partial charge in [-0.3, -0.25) is 0 Å². The quantitative estimate of drug-likeness (QED) is 0.601. The van der Waals surface area contributed by atoms with Gasteiger partial charge in [0.1, 0.15) is 0 Å². The van der Waals surface area contributed by atoms with Gasteiger partial charge in [0.15, 0.2) is 0 Å². The van der Waals surface area contributed by atoms with Gasteiger partial charge in [-0.2, -0.15) is 0 Å². The van der Waals surface area contributed by atoms with E-state index in [-0.39, 0.29) is 0 Å². The molecular weight excluding hydrogens is 148 g/mol. The lowest BCUT2D eigenvalue weighted by molar-refractivity contribution is 0.238. The van der Waals surface area contributed by atoms with Crippen LogP contribution in [0.1, 0.15) is 26.2 Å². The van der Waals surface area contributed by atoms with Gasteiger partial charge in [-0.25, -0.2) is 0 Å². The van der Waals surface area contributed by atoms with Crippen molar-refractivity contribution in [2.45, 2.75) is 32.2 Å². The molecule has 0 aliphatic rings. The maximum absolute atomic E-state index is 2.34. The van der Waals surface area contributed by atoms with Crippen LogP contribution in [0.3, 0.4) is 0 Å². The maximum Gasteiger partial charge on any atom is 0.0101 e. The van der Waals surface area contributed by atoms with Crippen LogP contribution in [0.2, 0.25) is 0 Å². The van der Waals surface area contributed by atoms with E-state index >= 15 is 0 Å². The minimum atomic E-state index is 0.761. The Morgan fingerprint density at radius 1 is 1.00 bits per heavy atom. The van der Waals surface area contributed by atoms with Crippen molar-refractivity contribution in [3.63, 3.8) is 0 Å². The molecule has 0 aromatic rings. The smallest absolute Gasteiger partial charge is 0.0101 e. The van der Waals surface area contributed by atoms with E-state index in [1.165, 1.54) is 25.8 Å². The first-order valence-electron chi connectivity index (χ1n) is 4.89. The highest BCUT2D eigenvalue weighted by atomic mass is 15.1. The third-order valence-corrected chi connectivity index (χ3v) is 2.26. The molecule has 0 saturated carbocycles. The van der Waals surface area contributed by atoms with Crippen molar-refractivity contribution >= 4 is 0 Å². The fraction of sp³-hybridized carbons (Fsp3) is 1.00. The van der Waals surface area contributed by atoms with Crippen molar-refractivity contribution in [1.29, 1.82) is 0 Å². The zero-order valence-electron chi connectivity index (χ0n) is 9.30. The molecule has 2 nitrogen and oxygen atoms in total. The molecule has 0 rings (SSSR count). The van der Waals surface area contributed by atoms with Gasteiger partial charge in [-0.05, 0) is 47.6 Å². The zero-order chi connectivity index (χ0) is 9.56. The van der Waals surface area contributed by atoms with Crippen LogP contribution in [-0.4, -0.2) is 50.6 Å². The summed E-state index contributed by atoms with van der Waals surface area (Å²) < 4.78 is 0. The van der Waals surface area contributed by atoms with Gasteiger partial charge in [0.25, 0.3) is 0 Å². The van der Waals surface area contributed by atoms with Crippen molar-refractivity contribution in [3.05, 3.63) is 0 Å². The molecule has 1 unspecified atom stereocenters. The number of hydrogen-bond donors (Lipinski definition) is 0. The van der Waals surface area contributed by atoms with Gasteiger partial charge in [-0.15, -0.1) is 0 Å². The van der Waals surface area contributed by atoms with Gasteiger partial charge in [0, 0.05) is 6.04 Å². The fourth-order valence-electron chi connectivity index (χ4n) is 1.40. The first kappa shape index (κ1) is 11.9. The molecule has 0 fully saturated rings. The van der Waals surface area contributed by atoms with Gasteiger partial charge >= 0.3 is 0 Å². The molecule has 0 bridgehead atoms. The summed E-state index contributed by atoms with van der Waals surface area (Å²) in [6, 6.07) is 0.761. The van der Waals surface area contributed by atoms with Crippen molar-refractivity contribution in [1.82, 2.24) is 9.80 Å². The monoisotopic (exact) mass is 172 g/mol. The van der Waals surface area contributed by atoms with E-state index in [0.29, 0.717) is 0 Å². The van der Waals surface area contributed by atoms with E-state index in [1.54, 1.807) is 0 Å². The van der Waals surface area contributed by atoms with Gasteiger partial charge in [0.2, 0.25) is 0 Å². The summed E-state index contributed by atoms with van der Waals surface area (Å²) in [6.45, 7) is 3.45. The van der Waals surface area contributed by atoms with Crippen molar-refractivity contribution in [3.8, 4) is 0 Å². The van der Waals surface area contributed by atoms with Crippen molar-refractivity contribution < 1.29 is 0 Å². The third-order valence-electron chi connectivity index (χ3n) is 2.26. The summed E-state index contributed by atoms with van der Waals surface area (Å²) in [5.41, 5.74) is 0. The topological polar surface area (TPSA) is 6.48 Å². The van der Waals surface area contributed by atoms with Crippen molar-refractivity contribution in [2.75, 3.05) is 34.7 Å². The van der Waals surface area contributed by atoms with E-state index in [0.717, 1.165) is 6.04 Å². The maximum atomic E-state index is 2.34. The molecule has 0 aliphatic carbocycles. The molecule has 12 heavy (non-hydrogen) atoms. The third kappa shape index (κ3) is 5.56. The standard InChI is InChI=1S/C10H24N2/c1-6-7-10(12(4)5)8-9-11(2)3/h10H,6-9H2,1-5H3. The molecule has 0 spiro atoms. The SMILES string of the molecule is CCCC(CCN(C)C)N(C)C. The first-order valence-corrected chi connectivity index (χ1v) is 4.89. The number of rotatable bonds is 6. The molecule has 0 saturated heterocycles. The minimum Gasteiger partial charge on any atom is -0.309 e. The summed E-state index contributed by atoms with van der Waals surface area (Å²) in [4.78, 5) is 4.60. The highest BCUT2D eigenvalue weighted by Crippen LogP contribution is 2.07. The van der Waals surface area contributed by atoms with Gasteiger partial charge in [-0.1, -0.05) is 13.3 Å². The fourth-order valence-corrected chi connectivity index (χ4v) is 1.40. The number of nitrogens with zero attached hydrogens (tertiary/aromatic N) is 2. The Labute approximate surface area is 77.5 Å². The predicted molar refractivity (Wildman–Crippen MR) is 55.6 cm³/mol. The van der Waals surface area contributed by atoms with Gasteiger partial charge in [0.05, 0.1) is 0 Å². The minimum absolute atomic E-state index is 0.761. The molecule has 0 aromatic carbocycles. The zero-order valence-corrected chi connectivity index (χ0v) is 9.30. The normalized spacial score (nSPS) is 14.2. The molecule has 2 heteroatoms. The van der Waals surface area contributed by atoms with Crippen LogP contribution in [0.4, 0.5) is 0 Å². The molecule has 0 heterocycles. The Kier molecular flexibility index (Phi) is 6.39. The summed E-state index contributed by atoms with van der Waals surface area (Å²) in [5.74, 6) is 0. The molecule has 0 aromatic heterocycles. The summed E-state index contributed by atoms with van der Waals surface area (Å²) >= 11 is 0. The molecular formula is C10H24N2. The lowest BCUT2D eigenvalue weighted by atomic mass is 10.1. The molecule has 0 amide bonds. The molecule has 0 aliphatic heterocycles.